The fraction of sp³-hybridized carbons (Fsp3) is 0.667. The normalized spacial score (nSPS) is 10.1. The van der Waals surface area contributed by atoms with Gasteiger partial charge in [0.05, 0.1) is 26.4 Å². The second-order valence-electron chi connectivity index (χ2n) is 3.75. The van der Waals surface area contributed by atoms with Crippen LogP contribution in [-0.2, 0) is 19.1 Å². The van der Waals surface area contributed by atoms with Gasteiger partial charge in [0.2, 0.25) is 5.91 Å². The van der Waals surface area contributed by atoms with Crippen LogP contribution in [0, 0.1) is 0 Å². The highest BCUT2D eigenvalue weighted by molar-refractivity contribution is 7.18. The molecule has 104 valence electrons. The average Bonchev–Trinajstić information content (AvgIpc) is 2.35. The maximum Gasteiger partial charge on any atom is 0.246 e. The Morgan fingerprint density at radius 1 is 1.17 bits per heavy atom. The summed E-state index contributed by atoms with van der Waals surface area (Å²) in [4.78, 5) is 22.0. The third-order valence-corrected chi connectivity index (χ3v) is 2.50. The van der Waals surface area contributed by atoms with Crippen LogP contribution >= 0.6 is 9.24 Å². The van der Waals surface area contributed by atoms with Gasteiger partial charge >= 0.3 is 0 Å². The Hall–Kier alpha value is -0.770. The molecular weight excluding hydrogens is 253 g/mol. The highest BCUT2D eigenvalue weighted by atomic mass is 31.0. The minimum absolute atomic E-state index is 0.161. The molecule has 0 heterocycles. The van der Waals surface area contributed by atoms with E-state index >= 15 is 0 Å². The standard InChI is InChI=1S/C12H22NO4P/c1-10(2)12(15)13-4-6-17-8-7-16-5-3-11(14)9-18/h1,3-9,18H2,2H3,(H,13,15). The van der Waals surface area contributed by atoms with Crippen molar-refractivity contribution in [3.05, 3.63) is 12.2 Å². The number of hydrogen-bond donors (Lipinski definition) is 1. The number of amides is 1. The first-order chi connectivity index (χ1) is 8.57. The zero-order valence-electron chi connectivity index (χ0n) is 10.9. The van der Waals surface area contributed by atoms with Crippen molar-refractivity contribution in [1.29, 1.82) is 0 Å². The predicted octanol–water partition coefficient (Wildman–Crippen LogP) is 0.546. The SMILES string of the molecule is C=C(C)C(=O)NCCOCCOCCC(=O)CP. The lowest BCUT2D eigenvalue weighted by atomic mass is 10.3. The van der Waals surface area contributed by atoms with Gasteiger partial charge in [-0.1, -0.05) is 6.58 Å². The average molecular weight is 275 g/mol. The Balaban J connectivity index is 3.19. The van der Waals surface area contributed by atoms with Gasteiger partial charge in [-0.3, -0.25) is 9.59 Å². The summed E-state index contributed by atoms with van der Waals surface area (Å²) in [5.41, 5.74) is 0.483. The number of hydrogen-bond acceptors (Lipinski definition) is 4. The van der Waals surface area contributed by atoms with E-state index in [2.05, 4.69) is 21.1 Å². The van der Waals surface area contributed by atoms with Crippen LogP contribution in [0.4, 0.5) is 0 Å². The smallest absolute Gasteiger partial charge is 0.246 e. The minimum Gasteiger partial charge on any atom is -0.379 e. The van der Waals surface area contributed by atoms with Crippen molar-refractivity contribution in [2.24, 2.45) is 0 Å². The summed E-state index contributed by atoms with van der Waals surface area (Å²) in [7, 11) is 2.39. The highest BCUT2D eigenvalue weighted by Gasteiger charge is 2.00. The summed E-state index contributed by atoms with van der Waals surface area (Å²) in [6, 6.07) is 0. The van der Waals surface area contributed by atoms with Crippen LogP contribution < -0.4 is 5.32 Å². The van der Waals surface area contributed by atoms with Gasteiger partial charge in [0, 0.05) is 24.7 Å². The number of ether oxygens (including phenoxy) is 2. The van der Waals surface area contributed by atoms with Crippen molar-refractivity contribution >= 4 is 20.9 Å². The molecule has 0 aromatic heterocycles. The zero-order valence-corrected chi connectivity index (χ0v) is 12.0. The quantitative estimate of drug-likeness (QED) is 0.340. The van der Waals surface area contributed by atoms with Gasteiger partial charge in [-0.2, -0.15) is 0 Å². The molecule has 1 N–H and O–H groups in total. The lowest BCUT2D eigenvalue weighted by Gasteiger charge is -2.06. The molecule has 0 spiro atoms. The Morgan fingerprint density at radius 3 is 2.33 bits per heavy atom. The molecule has 0 aromatic carbocycles. The molecule has 0 rings (SSSR count). The molecule has 1 unspecified atom stereocenters. The van der Waals surface area contributed by atoms with E-state index in [0.29, 0.717) is 51.1 Å². The van der Waals surface area contributed by atoms with E-state index in [0.717, 1.165) is 0 Å². The molecule has 0 saturated carbocycles. The molecule has 5 nitrogen and oxygen atoms in total. The van der Waals surface area contributed by atoms with E-state index < -0.39 is 0 Å². The predicted molar refractivity (Wildman–Crippen MR) is 73.7 cm³/mol. The van der Waals surface area contributed by atoms with Gasteiger partial charge in [-0.15, -0.1) is 9.24 Å². The molecule has 6 heteroatoms. The van der Waals surface area contributed by atoms with E-state index in [1.54, 1.807) is 6.92 Å². The van der Waals surface area contributed by atoms with Crippen molar-refractivity contribution in [1.82, 2.24) is 5.32 Å². The molecule has 0 aliphatic rings. The molecule has 0 aliphatic carbocycles. The highest BCUT2D eigenvalue weighted by Crippen LogP contribution is 1.90. The fourth-order valence-electron chi connectivity index (χ4n) is 0.998. The first-order valence-electron chi connectivity index (χ1n) is 5.89. The van der Waals surface area contributed by atoms with E-state index in [9.17, 15) is 9.59 Å². The fourth-order valence-corrected chi connectivity index (χ4v) is 1.20. The Bertz CT molecular complexity index is 281. The monoisotopic (exact) mass is 275 g/mol. The van der Waals surface area contributed by atoms with Crippen LogP contribution in [-0.4, -0.2) is 50.8 Å². The van der Waals surface area contributed by atoms with Gasteiger partial charge in [0.15, 0.2) is 0 Å². The number of Topliss-reactive ketones (excluding diaryl/α,β-unsaturated/α-hetero) is 1. The second kappa shape index (κ2) is 11.3. The number of carbonyl (C=O) groups excluding carboxylic acids is 2. The summed E-state index contributed by atoms with van der Waals surface area (Å²) >= 11 is 0. The summed E-state index contributed by atoms with van der Waals surface area (Å²) in [5, 5.41) is 2.66. The minimum atomic E-state index is -0.161. The lowest BCUT2D eigenvalue weighted by molar-refractivity contribution is -0.118. The molecule has 0 radical (unpaired) electrons. The third kappa shape index (κ3) is 10.4. The zero-order chi connectivity index (χ0) is 13.8. The number of ketones is 1. The molecule has 0 aromatic rings. The maximum atomic E-state index is 11.1. The van der Waals surface area contributed by atoms with Crippen molar-refractivity contribution < 1.29 is 19.1 Å². The lowest BCUT2D eigenvalue weighted by Crippen LogP contribution is -2.27. The second-order valence-corrected chi connectivity index (χ2v) is 4.16. The number of rotatable bonds is 11. The van der Waals surface area contributed by atoms with E-state index in [4.69, 9.17) is 9.47 Å². The van der Waals surface area contributed by atoms with Crippen LogP contribution in [0.1, 0.15) is 13.3 Å². The molecule has 1 amide bonds. The first kappa shape index (κ1) is 17.2. The molecule has 0 fully saturated rings. The van der Waals surface area contributed by atoms with Gasteiger partial charge in [-0.05, 0) is 6.92 Å². The molecule has 0 bridgehead atoms. The molecule has 18 heavy (non-hydrogen) atoms. The number of carbonyl (C=O) groups is 2. The van der Waals surface area contributed by atoms with E-state index in [1.165, 1.54) is 0 Å². The number of nitrogens with one attached hydrogen (secondary N) is 1. The van der Waals surface area contributed by atoms with Crippen molar-refractivity contribution in [3.8, 4) is 0 Å². The van der Waals surface area contributed by atoms with Crippen LogP contribution in [0.25, 0.3) is 0 Å². The molecule has 1 atom stereocenters. The van der Waals surface area contributed by atoms with Gasteiger partial charge in [0.25, 0.3) is 0 Å². The van der Waals surface area contributed by atoms with Gasteiger partial charge in [0.1, 0.15) is 5.78 Å². The third-order valence-electron chi connectivity index (χ3n) is 2.04. The summed E-state index contributed by atoms with van der Waals surface area (Å²) in [6.07, 6.45) is 0.917. The van der Waals surface area contributed by atoms with Crippen molar-refractivity contribution in [2.75, 3.05) is 39.1 Å². The largest absolute Gasteiger partial charge is 0.379 e. The van der Waals surface area contributed by atoms with E-state index in [-0.39, 0.29) is 11.7 Å². The maximum absolute atomic E-state index is 11.1. The first-order valence-corrected chi connectivity index (χ1v) is 6.70. The molecule has 0 saturated heterocycles. The van der Waals surface area contributed by atoms with Gasteiger partial charge in [-0.25, -0.2) is 0 Å². The van der Waals surface area contributed by atoms with Gasteiger partial charge < -0.3 is 14.8 Å². The van der Waals surface area contributed by atoms with Crippen LogP contribution in [0.2, 0.25) is 0 Å². The van der Waals surface area contributed by atoms with E-state index in [1.807, 2.05) is 0 Å². The summed E-state index contributed by atoms with van der Waals surface area (Å²) in [6.45, 7) is 7.42. The van der Waals surface area contributed by atoms with Crippen molar-refractivity contribution in [3.63, 3.8) is 0 Å². The van der Waals surface area contributed by atoms with Crippen LogP contribution in [0.15, 0.2) is 12.2 Å². The Morgan fingerprint density at radius 2 is 1.78 bits per heavy atom. The van der Waals surface area contributed by atoms with Crippen LogP contribution in [0.3, 0.4) is 0 Å². The Labute approximate surface area is 110 Å². The summed E-state index contributed by atoms with van der Waals surface area (Å²) < 4.78 is 10.5. The van der Waals surface area contributed by atoms with Crippen LogP contribution in [0.5, 0.6) is 0 Å². The summed E-state index contributed by atoms with van der Waals surface area (Å²) in [5.74, 6) is 0.00854. The molecule has 0 aliphatic heterocycles. The molecular formula is C12H22NO4P. The van der Waals surface area contributed by atoms with Crippen molar-refractivity contribution in [2.45, 2.75) is 13.3 Å². The topological polar surface area (TPSA) is 64.6 Å². The Kier molecular flexibility index (Phi) is 10.8.